The maximum absolute atomic E-state index is 11.5. The zero-order valence-electron chi connectivity index (χ0n) is 11.4. The summed E-state index contributed by atoms with van der Waals surface area (Å²) in [6.07, 6.45) is 1.45. The third-order valence-electron chi connectivity index (χ3n) is 3.59. The zero-order chi connectivity index (χ0) is 13.8. The van der Waals surface area contributed by atoms with E-state index in [2.05, 4.69) is 4.90 Å². The first-order valence-corrected chi connectivity index (χ1v) is 6.51. The van der Waals surface area contributed by atoms with Gasteiger partial charge in [-0.05, 0) is 18.2 Å². The molecule has 0 bridgehead atoms. The van der Waals surface area contributed by atoms with Gasteiger partial charge in [0.2, 0.25) is 0 Å². The van der Waals surface area contributed by atoms with E-state index in [1.54, 1.807) is 13.2 Å². The van der Waals surface area contributed by atoms with E-state index >= 15 is 0 Å². The summed E-state index contributed by atoms with van der Waals surface area (Å²) in [5.41, 5.74) is 1.64. The van der Waals surface area contributed by atoms with E-state index in [0.717, 1.165) is 30.7 Å². The standard InChI is InChI=1S/C15H19NO3/c1-11-8-16(6-5-14(11)18)9-13-7-12(10-17)3-4-15(13)19-2/h3-4,7,10-11H,5-6,8-9H2,1-2H3. The molecule has 0 radical (unpaired) electrons. The van der Waals surface area contributed by atoms with E-state index in [1.165, 1.54) is 0 Å². The molecule has 2 rings (SSSR count). The number of nitrogens with zero attached hydrogens (tertiary/aromatic N) is 1. The van der Waals surface area contributed by atoms with Crippen LogP contribution in [0.25, 0.3) is 0 Å². The molecule has 19 heavy (non-hydrogen) atoms. The smallest absolute Gasteiger partial charge is 0.150 e. The summed E-state index contributed by atoms with van der Waals surface area (Å²) in [5, 5.41) is 0. The molecule has 0 saturated carbocycles. The van der Waals surface area contributed by atoms with Crippen molar-refractivity contribution in [3.05, 3.63) is 29.3 Å². The number of aldehydes is 1. The topological polar surface area (TPSA) is 46.6 Å². The van der Waals surface area contributed by atoms with Crippen molar-refractivity contribution in [3.63, 3.8) is 0 Å². The largest absolute Gasteiger partial charge is 0.496 e. The van der Waals surface area contributed by atoms with Crippen molar-refractivity contribution < 1.29 is 14.3 Å². The minimum absolute atomic E-state index is 0.0917. The monoisotopic (exact) mass is 261 g/mol. The van der Waals surface area contributed by atoms with Gasteiger partial charge in [-0.2, -0.15) is 0 Å². The number of hydrogen-bond donors (Lipinski definition) is 0. The Hall–Kier alpha value is -1.68. The summed E-state index contributed by atoms with van der Waals surface area (Å²) in [7, 11) is 1.63. The fourth-order valence-electron chi connectivity index (χ4n) is 2.47. The van der Waals surface area contributed by atoms with Gasteiger partial charge >= 0.3 is 0 Å². The van der Waals surface area contributed by atoms with Gasteiger partial charge in [0, 0.05) is 43.1 Å². The number of ketones is 1. The zero-order valence-corrected chi connectivity index (χ0v) is 11.4. The Labute approximate surface area is 113 Å². The van der Waals surface area contributed by atoms with Crippen LogP contribution in [-0.2, 0) is 11.3 Å². The molecule has 1 saturated heterocycles. The molecule has 0 amide bonds. The number of likely N-dealkylation sites (tertiary alicyclic amines) is 1. The highest BCUT2D eigenvalue weighted by molar-refractivity contribution is 5.81. The second-order valence-electron chi connectivity index (χ2n) is 5.04. The molecule has 0 aliphatic carbocycles. The molecule has 102 valence electrons. The second kappa shape index (κ2) is 5.97. The molecule has 1 aliphatic rings. The fourth-order valence-corrected chi connectivity index (χ4v) is 2.47. The third-order valence-corrected chi connectivity index (χ3v) is 3.59. The Morgan fingerprint density at radius 1 is 1.47 bits per heavy atom. The summed E-state index contributed by atoms with van der Waals surface area (Å²) in [6, 6.07) is 5.42. The van der Waals surface area contributed by atoms with Gasteiger partial charge in [0.15, 0.2) is 0 Å². The Balaban J connectivity index is 2.13. The van der Waals surface area contributed by atoms with Crippen LogP contribution in [0.5, 0.6) is 5.75 Å². The number of Topliss-reactive ketones (excluding diaryl/α,β-unsaturated/α-hetero) is 1. The first-order chi connectivity index (χ1) is 9.13. The maximum atomic E-state index is 11.5. The van der Waals surface area contributed by atoms with E-state index in [9.17, 15) is 9.59 Å². The van der Waals surface area contributed by atoms with Crippen LogP contribution in [0.1, 0.15) is 29.3 Å². The lowest BCUT2D eigenvalue weighted by Gasteiger charge is -2.30. The number of piperidine rings is 1. The van der Waals surface area contributed by atoms with Gasteiger partial charge in [-0.15, -0.1) is 0 Å². The van der Waals surface area contributed by atoms with Crippen molar-refractivity contribution >= 4 is 12.1 Å². The molecule has 4 heteroatoms. The third kappa shape index (κ3) is 3.20. The fraction of sp³-hybridized carbons (Fsp3) is 0.467. The molecular formula is C15H19NO3. The van der Waals surface area contributed by atoms with E-state index in [-0.39, 0.29) is 5.92 Å². The quantitative estimate of drug-likeness (QED) is 0.777. The van der Waals surface area contributed by atoms with Crippen molar-refractivity contribution in [2.45, 2.75) is 19.9 Å². The lowest BCUT2D eigenvalue weighted by molar-refractivity contribution is -0.125. The van der Waals surface area contributed by atoms with Crippen LogP contribution in [0.15, 0.2) is 18.2 Å². The van der Waals surface area contributed by atoms with Crippen molar-refractivity contribution in [1.82, 2.24) is 4.90 Å². The average Bonchev–Trinajstić information content (AvgIpc) is 2.43. The molecule has 1 atom stereocenters. The summed E-state index contributed by atoms with van der Waals surface area (Å²) in [4.78, 5) is 24.6. The Bertz CT molecular complexity index is 484. The van der Waals surface area contributed by atoms with Crippen LogP contribution in [0.4, 0.5) is 0 Å². The SMILES string of the molecule is COc1ccc(C=O)cc1CN1CCC(=O)C(C)C1. The molecule has 0 spiro atoms. The average molecular weight is 261 g/mol. The minimum Gasteiger partial charge on any atom is -0.496 e. The molecule has 1 aromatic rings. The van der Waals surface area contributed by atoms with Crippen LogP contribution in [0.2, 0.25) is 0 Å². The van der Waals surface area contributed by atoms with Gasteiger partial charge in [-0.3, -0.25) is 14.5 Å². The number of methoxy groups -OCH3 is 1. The predicted molar refractivity (Wildman–Crippen MR) is 72.4 cm³/mol. The number of carbonyl (C=O) groups is 2. The molecule has 0 aromatic heterocycles. The molecule has 1 aliphatic heterocycles. The predicted octanol–water partition coefficient (Wildman–Crippen LogP) is 1.92. The Kier molecular flexibility index (Phi) is 4.32. The molecule has 1 heterocycles. The van der Waals surface area contributed by atoms with Gasteiger partial charge in [-0.1, -0.05) is 6.92 Å². The Morgan fingerprint density at radius 2 is 2.26 bits per heavy atom. The molecule has 1 aromatic carbocycles. The van der Waals surface area contributed by atoms with Crippen molar-refractivity contribution in [2.24, 2.45) is 5.92 Å². The number of benzene rings is 1. The number of carbonyl (C=O) groups excluding carboxylic acids is 2. The molecular weight excluding hydrogens is 242 g/mol. The minimum atomic E-state index is 0.0917. The number of rotatable bonds is 4. The van der Waals surface area contributed by atoms with E-state index < -0.39 is 0 Å². The number of ether oxygens (including phenoxy) is 1. The lowest BCUT2D eigenvalue weighted by atomic mass is 9.98. The summed E-state index contributed by atoms with van der Waals surface area (Å²) >= 11 is 0. The summed E-state index contributed by atoms with van der Waals surface area (Å²) in [6.45, 7) is 4.22. The maximum Gasteiger partial charge on any atom is 0.150 e. The van der Waals surface area contributed by atoms with Gasteiger partial charge in [0.05, 0.1) is 7.11 Å². The van der Waals surface area contributed by atoms with Crippen molar-refractivity contribution in [3.8, 4) is 5.75 Å². The van der Waals surface area contributed by atoms with Crippen LogP contribution in [0.3, 0.4) is 0 Å². The van der Waals surface area contributed by atoms with Gasteiger partial charge < -0.3 is 4.74 Å². The molecule has 0 N–H and O–H groups in total. The van der Waals surface area contributed by atoms with Crippen LogP contribution >= 0.6 is 0 Å². The second-order valence-corrected chi connectivity index (χ2v) is 5.04. The van der Waals surface area contributed by atoms with Gasteiger partial charge in [0.25, 0.3) is 0 Å². The molecule has 1 unspecified atom stereocenters. The van der Waals surface area contributed by atoms with E-state index in [1.807, 2.05) is 19.1 Å². The highest BCUT2D eigenvalue weighted by Gasteiger charge is 2.24. The normalized spacial score (nSPS) is 20.3. The van der Waals surface area contributed by atoms with Gasteiger partial charge in [0.1, 0.15) is 17.8 Å². The van der Waals surface area contributed by atoms with Crippen LogP contribution in [0, 0.1) is 5.92 Å². The first-order valence-electron chi connectivity index (χ1n) is 6.51. The van der Waals surface area contributed by atoms with Gasteiger partial charge in [-0.25, -0.2) is 0 Å². The number of hydrogen-bond acceptors (Lipinski definition) is 4. The molecule has 1 fully saturated rings. The van der Waals surface area contributed by atoms with Crippen LogP contribution in [-0.4, -0.2) is 37.2 Å². The summed E-state index contributed by atoms with van der Waals surface area (Å²) in [5.74, 6) is 1.22. The van der Waals surface area contributed by atoms with Crippen molar-refractivity contribution in [2.75, 3.05) is 20.2 Å². The highest BCUT2D eigenvalue weighted by atomic mass is 16.5. The van der Waals surface area contributed by atoms with Crippen molar-refractivity contribution in [1.29, 1.82) is 0 Å². The first kappa shape index (κ1) is 13.7. The van der Waals surface area contributed by atoms with Crippen LogP contribution < -0.4 is 4.74 Å². The molecule has 4 nitrogen and oxygen atoms in total. The Morgan fingerprint density at radius 3 is 2.89 bits per heavy atom. The van der Waals surface area contributed by atoms with E-state index in [4.69, 9.17) is 4.74 Å². The lowest BCUT2D eigenvalue weighted by Crippen LogP contribution is -2.39. The highest BCUT2D eigenvalue weighted by Crippen LogP contribution is 2.23. The van der Waals surface area contributed by atoms with E-state index in [0.29, 0.717) is 24.3 Å². The summed E-state index contributed by atoms with van der Waals surface area (Å²) < 4.78 is 5.32.